The maximum Gasteiger partial charge on any atom is 0.128 e. The summed E-state index contributed by atoms with van der Waals surface area (Å²) in [6.07, 6.45) is 1.85. The second kappa shape index (κ2) is 5.69. The smallest absolute Gasteiger partial charge is 0.128 e. The summed E-state index contributed by atoms with van der Waals surface area (Å²) in [6, 6.07) is 4.71. The van der Waals surface area contributed by atoms with Crippen molar-refractivity contribution in [2.45, 2.75) is 25.8 Å². The van der Waals surface area contributed by atoms with Gasteiger partial charge in [-0.05, 0) is 31.5 Å². The van der Waals surface area contributed by atoms with Gasteiger partial charge < -0.3 is 4.90 Å². The summed E-state index contributed by atoms with van der Waals surface area (Å²) >= 11 is 5.85. The molecule has 1 aliphatic heterocycles. The van der Waals surface area contributed by atoms with Crippen LogP contribution in [0.15, 0.2) is 18.3 Å². The molecule has 94 valence electrons. The predicted molar refractivity (Wildman–Crippen MR) is 72.7 cm³/mol. The van der Waals surface area contributed by atoms with Gasteiger partial charge in [-0.15, -0.1) is 11.6 Å². The number of hydrogen-bond acceptors (Lipinski definition) is 3. The molecular formula is C13H20ClN3. The largest absolute Gasteiger partial charge is 0.354 e. The van der Waals surface area contributed by atoms with E-state index in [-0.39, 0.29) is 0 Å². The number of hydrogen-bond donors (Lipinski definition) is 0. The van der Waals surface area contributed by atoms with Crippen LogP contribution in [0.25, 0.3) is 0 Å². The van der Waals surface area contributed by atoms with Crippen LogP contribution in [0.4, 0.5) is 5.82 Å². The summed E-state index contributed by atoms with van der Waals surface area (Å²) in [5.41, 5.74) is 1.14. The Hall–Kier alpha value is -0.800. The fraction of sp³-hybridized carbons (Fsp3) is 0.615. The van der Waals surface area contributed by atoms with Gasteiger partial charge in [-0.1, -0.05) is 0 Å². The number of piperazine rings is 1. The monoisotopic (exact) mass is 253 g/mol. The first-order valence-corrected chi connectivity index (χ1v) is 6.74. The average Bonchev–Trinajstić information content (AvgIpc) is 2.39. The number of pyridine rings is 1. The Balaban J connectivity index is 2.00. The molecule has 3 nitrogen and oxygen atoms in total. The zero-order chi connectivity index (χ0) is 12.3. The van der Waals surface area contributed by atoms with Gasteiger partial charge in [0, 0.05) is 44.3 Å². The first-order chi connectivity index (χ1) is 8.20. The number of nitrogens with zero attached hydrogens (tertiary/aromatic N) is 3. The van der Waals surface area contributed by atoms with Crippen molar-refractivity contribution in [2.24, 2.45) is 0 Å². The van der Waals surface area contributed by atoms with Crippen molar-refractivity contribution in [2.75, 3.05) is 31.1 Å². The molecule has 0 aromatic carbocycles. The van der Waals surface area contributed by atoms with Crippen molar-refractivity contribution >= 4 is 17.4 Å². The maximum absolute atomic E-state index is 5.85. The molecule has 2 heterocycles. The van der Waals surface area contributed by atoms with Gasteiger partial charge in [-0.25, -0.2) is 4.98 Å². The fourth-order valence-electron chi connectivity index (χ4n) is 2.18. The van der Waals surface area contributed by atoms with Gasteiger partial charge in [0.1, 0.15) is 5.82 Å². The minimum Gasteiger partial charge on any atom is -0.354 e. The molecule has 0 atom stereocenters. The van der Waals surface area contributed by atoms with E-state index in [0.717, 1.165) is 37.6 Å². The highest BCUT2D eigenvalue weighted by atomic mass is 35.5. The number of halogens is 1. The molecule has 17 heavy (non-hydrogen) atoms. The first kappa shape index (κ1) is 12.7. The highest BCUT2D eigenvalue weighted by molar-refractivity contribution is 6.17. The molecule has 1 aromatic rings. The maximum atomic E-state index is 5.85. The third-order valence-corrected chi connectivity index (χ3v) is 3.64. The Morgan fingerprint density at radius 1 is 1.29 bits per heavy atom. The molecule has 0 bridgehead atoms. The summed E-state index contributed by atoms with van der Waals surface area (Å²) in [6.45, 7) is 8.84. The summed E-state index contributed by atoms with van der Waals surface area (Å²) in [4.78, 5) is 9.27. The Morgan fingerprint density at radius 3 is 2.59 bits per heavy atom. The van der Waals surface area contributed by atoms with E-state index in [9.17, 15) is 0 Å². The van der Waals surface area contributed by atoms with Crippen molar-refractivity contribution < 1.29 is 0 Å². The van der Waals surface area contributed by atoms with E-state index in [2.05, 4.69) is 34.7 Å². The van der Waals surface area contributed by atoms with Crippen molar-refractivity contribution in [3.8, 4) is 0 Å². The first-order valence-electron chi connectivity index (χ1n) is 6.20. The van der Waals surface area contributed by atoms with Gasteiger partial charge >= 0.3 is 0 Å². The minimum atomic E-state index is 0.557. The second-order valence-corrected chi connectivity index (χ2v) is 5.04. The molecule has 0 radical (unpaired) electrons. The van der Waals surface area contributed by atoms with Gasteiger partial charge in [0.25, 0.3) is 0 Å². The number of aromatic nitrogens is 1. The lowest BCUT2D eigenvalue weighted by Gasteiger charge is -2.37. The summed E-state index contributed by atoms with van der Waals surface area (Å²) in [7, 11) is 0. The van der Waals surface area contributed by atoms with Crippen molar-refractivity contribution in [1.29, 1.82) is 0 Å². The lowest BCUT2D eigenvalue weighted by molar-refractivity contribution is 0.209. The van der Waals surface area contributed by atoms with E-state index < -0.39 is 0 Å². The molecule has 1 aromatic heterocycles. The Morgan fingerprint density at radius 2 is 2.00 bits per heavy atom. The number of anilines is 1. The quantitative estimate of drug-likeness (QED) is 0.771. The minimum absolute atomic E-state index is 0.557. The molecular weight excluding hydrogens is 234 g/mol. The molecule has 0 aliphatic carbocycles. The van der Waals surface area contributed by atoms with Crippen LogP contribution in [-0.4, -0.2) is 42.1 Å². The van der Waals surface area contributed by atoms with E-state index in [0.29, 0.717) is 11.9 Å². The normalized spacial score (nSPS) is 17.8. The highest BCUT2D eigenvalue weighted by Gasteiger charge is 2.19. The third-order valence-electron chi connectivity index (χ3n) is 3.33. The molecule has 1 saturated heterocycles. The van der Waals surface area contributed by atoms with Crippen LogP contribution in [0, 0.1) is 0 Å². The van der Waals surface area contributed by atoms with E-state index >= 15 is 0 Å². The van der Waals surface area contributed by atoms with Crippen molar-refractivity contribution in [3.05, 3.63) is 23.9 Å². The van der Waals surface area contributed by atoms with Crippen LogP contribution < -0.4 is 4.90 Å². The Bertz CT molecular complexity index is 359. The molecule has 1 fully saturated rings. The molecule has 0 unspecified atom stereocenters. The second-order valence-electron chi connectivity index (χ2n) is 4.77. The topological polar surface area (TPSA) is 19.4 Å². The molecule has 2 rings (SSSR count). The number of rotatable bonds is 3. The Kier molecular flexibility index (Phi) is 4.24. The fourth-order valence-corrected chi connectivity index (χ4v) is 2.35. The van der Waals surface area contributed by atoms with Gasteiger partial charge in [-0.2, -0.15) is 0 Å². The molecule has 0 spiro atoms. The van der Waals surface area contributed by atoms with Crippen molar-refractivity contribution in [1.82, 2.24) is 9.88 Å². The summed E-state index contributed by atoms with van der Waals surface area (Å²) in [5.74, 6) is 1.62. The lowest BCUT2D eigenvalue weighted by atomic mass is 10.2. The van der Waals surface area contributed by atoms with Crippen LogP contribution in [-0.2, 0) is 5.88 Å². The standard InChI is InChI=1S/C13H20ClN3/c1-11(2)16-5-7-17(8-6-16)13-9-12(10-14)3-4-15-13/h3-4,9,11H,5-8,10H2,1-2H3. The van der Waals surface area contributed by atoms with Crippen LogP contribution in [0.3, 0.4) is 0 Å². The van der Waals surface area contributed by atoms with E-state index in [1.807, 2.05) is 12.3 Å². The van der Waals surface area contributed by atoms with E-state index in [1.54, 1.807) is 0 Å². The zero-order valence-corrected chi connectivity index (χ0v) is 11.3. The molecule has 0 amide bonds. The van der Waals surface area contributed by atoms with Crippen LogP contribution in [0.1, 0.15) is 19.4 Å². The van der Waals surface area contributed by atoms with Gasteiger partial charge in [0.15, 0.2) is 0 Å². The van der Waals surface area contributed by atoms with Gasteiger partial charge in [0.2, 0.25) is 0 Å². The number of alkyl halides is 1. The van der Waals surface area contributed by atoms with E-state index in [1.165, 1.54) is 0 Å². The zero-order valence-electron chi connectivity index (χ0n) is 10.6. The van der Waals surface area contributed by atoms with Crippen molar-refractivity contribution in [3.63, 3.8) is 0 Å². The van der Waals surface area contributed by atoms with Gasteiger partial charge in [-0.3, -0.25) is 4.90 Å². The molecule has 0 saturated carbocycles. The SMILES string of the molecule is CC(C)N1CCN(c2cc(CCl)ccn2)CC1. The third kappa shape index (κ3) is 3.11. The van der Waals surface area contributed by atoms with E-state index in [4.69, 9.17) is 11.6 Å². The Labute approximate surface area is 108 Å². The summed E-state index contributed by atoms with van der Waals surface area (Å²) in [5, 5.41) is 0. The molecule has 0 N–H and O–H groups in total. The predicted octanol–water partition coefficient (Wildman–Crippen LogP) is 2.35. The summed E-state index contributed by atoms with van der Waals surface area (Å²) < 4.78 is 0. The highest BCUT2D eigenvalue weighted by Crippen LogP contribution is 2.16. The van der Waals surface area contributed by atoms with Crippen LogP contribution in [0.5, 0.6) is 0 Å². The molecule has 1 aliphatic rings. The molecule has 4 heteroatoms. The van der Waals surface area contributed by atoms with Gasteiger partial charge in [0.05, 0.1) is 0 Å². The van der Waals surface area contributed by atoms with Crippen LogP contribution >= 0.6 is 11.6 Å². The average molecular weight is 254 g/mol. The van der Waals surface area contributed by atoms with Crippen LogP contribution in [0.2, 0.25) is 0 Å². The lowest BCUT2D eigenvalue weighted by Crippen LogP contribution is -2.49.